The lowest BCUT2D eigenvalue weighted by molar-refractivity contribution is -0.133. The molecule has 0 bridgehead atoms. The van der Waals surface area contributed by atoms with Crippen molar-refractivity contribution >= 4 is 11.8 Å². The summed E-state index contributed by atoms with van der Waals surface area (Å²) in [5.41, 5.74) is 1.07. The fourth-order valence-corrected chi connectivity index (χ4v) is 3.02. The fraction of sp³-hybridized carbons (Fsp3) is 0.588. The highest BCUT2D eigenvalue weighted by Gasteiger charge is 2.22. The maximum Gasteiger partial charge on any atom is 0.222 e. The summed E-state index contributed by atoms with van der Waals surface area (Å²) in [7, 11) is 1.85. The third-order valence-corrected chi connectivity index (χ3v) is 4.31. The number of nitrogens with zero attached hydrogens (tertiary/aromatic N) is 3. The van der Waals surface area contributed by atoms with Crippen LogP contribution in [-0.2, 0) is 9.59 Å². The van der Waals surface area contributed by atoms with Crippen LogP contribution in [0.1, 0.15) is 50.6 Å². The zero-order chi connectivity index (χ0) is 15.9. The van der Waals surface area contributed by atoms with Crippen molar-refractivity contribution in [3.63, 3.8) is 0 Å². The van der Waals surface area contributed by atoms with Gasteiger partial charge in [-0.15, -0.1) is 0 Å². The van der Waals surface area contributed by atoms with Gasteiger partial charge in [-0.2, -0.15) is 0 Å². The number of likely N-dealkylation sites (tertiary alicyclic amines) is 1. The van der Waals surface area contributed by atoms with E-state index in [0.717, 1.165) is 31.4 Å². The van der Waals surface area contributed by atoms with Crippen molar-refractivity contribution in [1.82, 2.24) is 14.8 Å². The molecular weight excluding hydrogens is 278 g/mol. The van der Waals surface area contributed by atoms with Crippen molar-refractivity contribution in [2.45, 2.75) is 45.1 Å². The molecule has 1 aromatic heterocycles. The second-order valence-electron chi connectivity index (χ2n) is 5.80. The zero-order valence-electron chi connectivity index (χ0n) is 13.5. The molecule has 0 saturated carbocycles. The number of hydrogen-bond donors (Lipinski definition) is 0. The second-order valence-corrected chi connectivity index (χ2v) is 5.80. The van der Waals surface area contributed by atoms with E-state index in [2.05, 4.69) is 11.9 Å². The first-order valence-electron chi connectivity index (χ1n) is 8.06. The molecule has 1 fully saturated rings. The summed E-state index contributed by atoms with van der Waals surface area (Å²) in [4.78, 5) is 31.7. The summed E-state index contributed by atoms with van der Waals surface area (Å²) in [6, 6.07) is 3.97. The molecule has 5 nitrogen and oxygen atoms in total. The van der Waals surface area contributed by atoms with Crippen LogP contribution >= 0.6 is 0 Å². The lowest BCUT2D eigenvalue weighted by Crippen LogP contribution is -2.32. The van der Waals surface area contributed by atoms with Crippen LogP contribution in [-0.4, -0.2) is 46.7 Å². The Morgan fingerprint density at radius 3 is 2.91 bits per heavy atom. The Hall–Kier alpha value is -1.91. The van der Waals surface area contributed by atoms with E-state index in [9.17, 15) is 9.59 Å². The highest BCUT2D eigenvalue weighted by molar-refractivity contribution is 5.78. The molecule has 120 valence electrons. The summed E-state index contributed by atoms with van der Waals surface area (Å²) in [5.74, 6) is 0.352. The minimum Gasteiger partial charge on any atom is -0.343 e. The van der Waals surface area contributed by atoms with Crippen molar-refractivity contribution < 1.29 is 9.59 Å². The van der Waals surface area contributed by atoms with Gasteiger partial charge in [-0.25, -0.2) is 0 Å². The first-order chi connectivity index (χ1) is 10.6. The van der Waals surface area contributed by atoms with E-state index in [4.69, 9.17) is 0 Å². The van der Waals surface area contributed by atoms with Crippen LogP contribution in [0.4, 0.5) is 0 Å². The van der Waals surface area contributed by atoms with Crippen molar-refractivity contribution in [2.75, 3.05) is 20.1 Å². The smallest absolute Gasteiger partial charge is 0.222 e. The quantitative estimate of drug-likeness (QED) is 0.777. The fourth-order valence-electron chi connectivity index (χ4n) is 3.02. The van der Waals surface area contributed by atoms with Crippen LogP contribution in [0.2, 0.25) is 0 Å². The molecule has 0 radical (unpaired) electrons. The van der Waals surface area contributed by atoms with E-state index < -0.39 is 0 Å². The van der Waals surface area contributed by atoms with Crippen LogP contribution in [0.5, 0.6) is 0 Å². The molecule has 1 unspecified atom stereocenters. The molecule has 0 aliphatic carbocycles. The molecule has 1 aliphatic rings. The Morgan fingerprint density at radius 1 is 1.50 bits per heavy atom. The van der Waals surface area contributed by atoms with Gasteiger partial charge in [0.15, 0.2) is 0 Å². The van der Waals surface area contributed by atoms with Gasteiger partial charge in [0.2, 0.25) is 11.8 Å². The van der Waals surface area contributed by atoms with E-state index in [1.54, 1.807) is 6.20 Å². The van der Waals surface area contributed by atoms with Gasteiger partial charge in [0.1, 0.15) is 0 Å². The second kappa shape index (κ2) is 7.92. The first kappa shape index (κ1) is 16.5. The molecule has 1 atom stereocenters. The number of amides is 2. The van der Waals surface area contributed by atoms with E-state index in [1.165, 1.54) is 0 Å². The topological polar surface area (TPSA) is 53.5 Å². The molecule has 2 heterocycles. The van der Waals surface area contributed by atoms with Gasteiger partial charge in [0, 0.05) is 45.4 Å². The molecular formula is C17H25N3O2. The molecule has 2 rings (SSSR count). The van der Waals surface area contributed by atoms with E-state index >= 15 is 0 Å². The summed E-state index contributed by atoms with van der Waals surface area (Å²) in [6.45, 7) is 3.61. The van der Waals surface area contributed by atoms with Gasteiger partial charge in [0.05, 0.1) is 6.04 Å². The highest BCUT2D eigenvalue weighted by Crippen LogP contribution is 2.23. The lowest BCUT2D eigenvalue weighted by Gasteiger charge is -2.28. The average molecular weight is 303 g/mol. The molecule has 22 heavy (non-hydrogen) atoms. The Bertz CT molecular complexity index is 504. The van der Waals surface area contributed by atoms with Gasteiger partial charge in [0.25, 0.3) is 0 Å². The van der Waals surface area contributed by atoms with Gasteiger partial charge < -0.3 is 9.80 Å². The Labute approximate surface area is 132 Å². The summed E-state index contributed by atoms with van der Waals surface area (Å²) in [5, 5.41) is 0. The number of carbonyl (C=O) groups excluding carboxylic acids is 2. The predicted octanol–water partition coefficient (Wildman–Crippen LogP) is 2.39. The minimum absolute atomic E-state index is 0.0645. The van der Waals surface area contributed by atoms with E-state index in [0.29, 0.717) is 19.4 Å². The molecule has 2 amide bonds. The Morgan fingerprint density at radius 2 is 2.32 bits per heavy atom. The molecule has 0 N–H and O–H groups in total. The van der Waals surface area contributed by atoms with Gasteiger partial charge in [-0.1, -0.05) is 13.0 Å². The van der Waals surface area contributed by atoms with Crippen LogP contribution in [0.3, 0.4) is 0 Å². The summed E-state index contributed by atoms with van der Waals surface area (Å²) < 4.78 is 0. The van der Waals surface area contributed by atoms with Crippen LogP contribution in [0, 0.1) is 0 Å². The molecule has 5 heteroatoms. The number of pyridine rings is 1. The standard InChI is InChI=1S/C17H25N3O2/c1-3-15(14-7-4-10-18-13-14)19(2)16(21)8-5-11-20-12-6-9-17(20)22/h4,7,10,13,15H,3,5-6,8-9,11-12H2,1-2H3. The van der Waals surface area contributed by atoms with Crippen LogP contribution < -0.4 is 0 Å². The van der Waals surface area contributed by atoms with Crippen molar-refractivity contribution in [3.05, 3.63) is 30.1 Å². The minimum atomic E-state index is 0.0645. The molecule has 0 spiro atoms. The normalized spacial score (nSPS) is 15.9. The predicted molar refractivity (Wildman–Crippen MR) is 85.1 cm³/mol. The average Bonchev–Trinajstić information content (AvgIpc) is 2.94. The summed E-state index contributed by atoms with van der Waals surface area (Å²) >= 11 is 0. The maximum absolute atomic E-state index is 12.4. The van der Waals surface area contributed by atoms with Crippen molar-refractivity contribution in [2.24, 2.45) is 0 Å². The Balaban J connectivity index is 1.84. The Kier molecular flexibility index (Phi) is 5.92. The largest absolute Gasteiger partial charge is 0.343 e. The highest BCUT2D eigenvalue weighted by atomic mass is 16.2. The van der Waals surface area contributed by atoms with Gasteiger partial charge in [-0.3, -0.25) is 14.6 Å². The number of carbonyl (C=O) groups is 2. The molecule has 1 aromatic rings. The number of hydrogen-bond acceptors (Lipinski definition) is 3. The maximum atomic E-state index is 12.4. The first-order valence-corrected chi connectivity index (χ1v) is 8.06. The van der Waals surface area contributed by atoms with Crippen LogP contribution in [0.25, 0.3) is 0 Å². The molecule has 0 aromatic carbocycles. The number of aromatic nitrogens is 1. The monoisotopic (exact) mass is 303 g/mol. The van der Waals surface area contributed by atoms with E-state index in [1.807, 2.05) is 35.2 Å². The van der Waals surface area contributed by atoms with E-state index in [-0.39, 0.29) is 17.9 Å². The summed E-state index contributed by atoms with van der Waals surface area (Å²) in [6.07, 6.45) is 7.25. The lowest BCUT2D eigenvalue weighted by atomic mass is 10.0. The molecule has 1 saturated heterocycles. The number of rotatable bonds is 7. The SMILES string of the molecule is CCC(c1cccnc1)N(C)C(=O)CCCN1CCCC1=O. The third-order valence-electron chi connectivity index (χ3n) is 4.31. The third kappa shape index (κ3) is 4.06. The van der Waals surface area contributed by atoms with Crippen LogP contribution in [0.15, 0.2) is 24.5 Å². The zero-order valence-corrected chi connectivity index (χ0v) is 13.5. The van der Waals surface area contributed by atoms with Crippen molar-refractivity contribution in [1.29, 1.82) is 0 Å². The molecule has 1 aliphatic heterocycles. The van der Waals surface area contributed by atoms with Gasteiger partial charge >= 0.3 is 0 Å². The van der Waals surface area contributed by atoms with Crippen molar-refractivity contribution in [3.8, 4) is 0 Å². The van der Waals surface area contributed by atoms with Gasteiger partial charge in [-0.05, 0) is 30.9 Å².